The van der Waals surface area contributed by atoms with Crippen LogP contribution >= 0.6 is 0 Å². The second-order valence-electron chi connectivity index (χ2n) is 6.35. The highest BCUT2D eigenvalue weighted by atomic mass is 16.2. The minimum absolute atomic E-state index is 0.0683. The molecule has 1 aliphatic rings. The predicted octanol–water partition coefficient (Wildman–Crippen LogP) is 3.11. The van der Waals surface area contributed by atoms with Crippen LogP contribution in [-0.2, 0) is 9.59 Å². The van der Waals surface area contributed by atoms with Crippen LogP contribution in [0.1, 0.15) is 50.2 Å². The lowest BCUT2D eigenvalue weighted by molar-refractivity contribution is -0.123. The molecule has 0 bridgehead atoms. The van der Waals surface area contributed by atoms with Gasteiger partial charge in [0.25, 0.3) is 0 Å². The van der Waals surface area contributed by atoms with Crippen LogP contribution < -0.4 is 10.2 Å². The van der Waals surface area contributed by atoms with Gasteiger partial charge in [0.2, 0.25) is 11.8 Å². The molecule has 0 heterocycles. The van der Waals surface area contributed by atoms with Gasteiger partial charge >= 0.3 is 0 Å². The summed E-state index contributed by atoms with van der Waals surface area (Å²) in [5, 5.41) is 3.07. The summed E-state index contributed by atoms with van der Waals surface area (Å²) in [6.45, 7) is 5.59. The summed E-state index contributed by atoms with van der Waals surface area (Å²) < 4.78 is 0. The maximum Gasteiger partial charge on any atom is 0.240 e. The van der Waals surface area contributed by atoms with E-state index in [1.165, 1.54) is 26.2 Å². The maximum absolute atomic E-state index is 12.3. The van der Waals surface area contributed by atoms with E-state index in [0.717, 1.165) is 29.7 Å². The largest absolute Gasteiger partial charge is 0.352 e. The molecule has 4 nitrogen and oxygen atoms in total. The Morgan fingerprint density at radius 2 is 1.68 bits per heavy atom. The zero-order valence-electron chi connectivity index (χ0n) is 13.8. The van der Waals surface area contributed by atoms with Crippen LogP contribution in [0.4, 0.5) is 5.69 Å². The number of nitrogens with zero attached hydrogens (tertiary/aromatic N) is 1. The molecule has 0 spiro atoms. The molecule has 2 rings (SSSR count). The number of carbonyl (C=O) groups is 2. The van der Waals surface area contributed by atoms with Gasteiger partial charge in [0.15, 0.2) is 0 Å². The summed E-state index contributed by atoms with van der Waals surface area (Å²) in [6, 6.07) is 6.23. The Morgan fingerprint density at radius 3 is 2.23 bits per heavy atom. The van der Waals surface area contributed by atoms with Gasteiger partial charge in [-0.3, -0.25) is 9.59 Å². The number of carbonyl (C=O) groups excluding carboxylic acids is 2. The topological polar surface area (TPSA) is 49.4 Å². The molecule has 0 atom stereocenters. The van der Waals surface area contributed by atoms with Gasteiger partial charge in [-0.1, -0.05) is 25.3 Å². The van der Waals surface area contributed by atoms with Gasteiger partial charge in [0.1, 0.15) is 6.54 Å². The highest BCUT2D eigenvalue weighted by Gasteiger charge is 2.20. The fourth-order valence-electron chi connectivity index (χ4n) is 3.15. The number of nitrogens with one attached hydrogen (secondary N) is 1. The van der Waals surface area contributed by atoms with E-state index in [9.17, 15) is 9.59 Å². The molecule has 2 amide bonds. The van der Waals surface area contributed by atoms with Crippen molar-refractivity contribution in [3.05, 3.63) is 29.3 Å². The van der Waals surface area contributed by atoms with Crippen LogP contribution in [0, 0.1) is 13.8 Å². The van der Waals surface area contributed by atoms with Gasteiger partial charge < -0.3 is 10.2 Å². The van der Waals surface area contributed by atoms with Crippen molar-refractivity contribution >= 4 is 17.5 Å². The normalized spacial score (nSPS) is 15.4. The first-order valence-electron chi connectivity index (χ1n) is 8.11. The Hall–Kier alpha value is -1.84. The Kier molecular flexibility index (Phi) is 5.58. The Labute approximate surface area is 132 Å². The molecule has 0 aliphatic heterocycles. The number of benzene rings is 1. The first kappa shape index (κ1) is 16.5. The molecule has 0 saturated heterocycles. The SMILES string of the molecule is CC(=O)N(CC(=O)NC1CCCCC1)c1cc(C)cc(C)c1. The Bertz CT molecular complexity index is 528. The van der Waals surface area contributed by atoms with E-state index in [1.807, 2.05) is 26.0 Å². The lowest BCUT2D eigenvalue weighted by Crippen LogP contribution is -2.44. The van der Waals surface area contributed by atoms with E-state index >= 15 is 0 Å². The van der Waals surface area contributed by atoms with Crippen LogP contribution in [0.15, 0.2) is 18.2 Å². The number of amides is 2. The molecule has 1 N–H and O–H groups in total. The second kappa shape index (κ2) is 7.43. The molecule has 0 aromatic heterocycles. The van der Waals surface area contributed by atoms with Gasteiger partial charge in [0.05, 0.1) is 0 Å². The van der Waals surface area contributed by atoms with Crippen LogP contribution in [0.3, 0.4) is 0 Å². The van der Waals surface area contributed by atoms with E-state index in [0.29, 0.717) is 0 Å². The van der Waals surface area contributed by atoms with Crippen molar-refractivity contribution < 1.29 is 9.59 Å². The summed E-state index contributed by atoms with van der Waals surface area (Å²) in [6.07, 6.45) is 5.72. The minimum Gasteiger partial charge on any atom is -0.352 e. The predicted molar refractivity (Wildman–Crippen MR) is 89.0 cm³/mol. The molecule has 1 fully saturated rings. The van der Waals surface area contributed by atoms with Gasteiger partial charge in [0, 0.05) is 18.7 Å². The zero-order chi connectivity index (χ0) is 16.1. The first-order chi connectivity index (χ1) is 10.5. The highest BCUT2D eigenvalue weighted by molar-refractivity contribution is 5.97. The monoisotopic (exact) mass is 302 g/mol. The van der Waals surface area contributed by atoms with Crippen LogP contribution in [-0.4, -0.2) is 24.4 Å². The van der Waals surface area contributed by atoms with Crippen molar-refractivity contribution in [1.29, 1.82) is 0 Å². The lowest BCUT2D eigenvalue weighted by atomic mass is 9.95. The summed E-state index contributed by atoms with van der Waals surface area (Å²) in [4.78, 5) is 25.8. The number of anilines is 1. The smallest absolute Gasteiger partial charge is 0.240 e. The number of rotatable bonds is 4. The molecular formula is C18H26N2O2. The molecule has 0 unspecified atom stereocenters. The van der Waals surface area contributed by atoms with E-state index in [-0.39, 0.29) is 24.4 Å². The first-order valence-corrected chi connectivity index (χ1v) is 8.11. The molecule has 22 heavy (non-hydrogen) atoms. The van der Waals surface area contributed by atoms with Gasteiger partial charge in [-0.2, -0.15) is 0 Å². The van der Waals surface area contributed by atoms with Crippen LogP contribution in [0.25, 0.3) is 0 Å². The van der Waals surface area contributed by atoms with Crippen molar-refractivity contribution in [2.45, 2.75) is 58.9 Å². The number of aryl methyl sites for hydroxylation is 2. The number of hydrogen-bond acceptors (Lipinski definition) is 2. The summed E-state index contributed by atoms with van der Waals surface area (Å²) >= 11 is 0. The zero-order valence-corrected chi connectivity index (χ0v) is 13.8. The quantitative estimate of drug-likeness (QED) is 0.929. The third kappa shape index (κ3) is 4.58. The Morgan fingerprint density at radius 1 is 1.09 bits per heavy atom. The van der Waals surface area contributed by atoms with Crippen molar-refractivity contribution in [2.75, 3.05) is 11.4 Å². The van der Waals surface area contributed by atoms with Gasteiger partial charge in [-0.25, -0.2) is 0 Å². The summed E-state index contributed by atoms with van der Waals surface area (Å²) in [5.74, 6) is -0.176. The third-order valence-corrected chi connectivity index (χ3v) is 4.17. The number of hydrogen-bond donors (Lipinski definition) is 1. The van der Waals surface area contributed by atoms with Gasteiger partial charge in [-0.15, -0.1) is 0 Å². The Balaban J connectivity index is 2.04. The van der Waals surface area contributed by atoms with Crippen molar-refractivity contribution in [3.8, 4) is 0 Å². The standard InChI is InChI=1S/C18H26N2O2/c1-13-9-14(2)11-17(10-13)20(15(3)21)12-18(22)19-16-7-5-4-6-8-16/h9-11,16H,4-8,12H2,1-3H3,(H,19,22). The fourth-order valence-corrected chi connectivity index (χ4v) is 3.15. The van der Waals surface area contributed by atoms with Crippen molar-refractivity contribution in [3.63, 3.8) is 0 Å². The van der Waals surface area contributed by atoms with Gasteiger partial charge in [-0.05, 0) is 49.9 Å². The van der Waals surface area contributed by atoms with E-state index in [2.05, 4.69) is 11.4 Å². The molecule has 4 heteroatoms. The van der Waals surface area contributed by atoms with Crippen molar-refractivity contribution in [2.24, 2.45) is 0 Å². The molecule has 1 aliphatic carbocycles. The van der Waals surface area contributed by atoms with Crippen LogP contribution in [0.5, 0.6) is 0 Å². The molecule has 1 aromatic carbocycles. The van der Waals surface area contributed by atoms with E-state index < -0.39 is 0 Å². The fraction of sp³-hybridized carbons (Fsp3) is 0.556. The molecule has 120 valence electrons. The molecule has 1 saturated carbocycles. The lowest BCUT2D eigenvalue weighted by Gasteiger charge is -2.26. The minimum atomic E-state index is -0.108. The van der Waals surface area contributed by atoms with E-state index in [4.69, 9.17) is 0 Å². The molecular weight excluding hydrogens is 276 g/mol. The summed E-state index contributed by atoms with van der Waals surface area (Å²) in [7, 11) is 0. The average Bonchev–Trinajstić information content (AvgIpc) is 2.44. The van der Waals surface area contributed by atoms with E-state index in [1.54, 1.807) is 4.90 Å². The average molecular weight is 302 g/mol. The van der Waals surface area contributed by atoms with Crippen LogP contribution in [0.2, 0.25) is 0 Å². The van der Waals surface area contributed by atoms with Crippen molar-refractivity contribution in [1.82, 2.24) is 5.32 Å². The maximum atomic E-state index is 12.3. The third-order valence-electron chi connectivity index (χ3n) is 4.17. The molecule has 1 aromatic rings. The summed E-state index contributed by atoms with van der Waals surface area (Å²) in [5.41, 5.74) is 2.98. The second-order valence-corrected chi connectivity index (χ2v) is 6.35. The molecule has 0 radical (unpaired) electrons. The highest BCUT2D eigenvalue weighted by Crippen LogP contribution is 2.20.